The standard InChI is InChI=1S/C21H14N2O2/c22-13-14-6-5-7-15(12-14)23-21(24)20-16-8-1-3-10-18(16)25-19-11-4-2-9-17(19)20/h1-12,20H,(H,23,24). The van der Waals surface area contributed by atoms with Crippen LogP contribution in [0, 0.1) is 11.3 Å². The van der Waals surface area contributed by atoms with Crippen molar-refractivity contribution >= 4 is 11.6 Å². The van der Waals surface area contributed by atoms with Gasteiger partial charge in [-0.3, -0.25) is 4.79 Å². The number of amides is 1. The van der Waals surface area contributed by atoms with Crippen LogP contribution in [-0.4, -0.2) is 5.91 Å². The van der Waals surface area contributed by atoms with Crippen molar-refractivity contribution in [2.75, 3.05) is 5.32 Å². The molecule has 0 radical (unpaired) electrons. The van der Waals surface area contributed by atoms with E-state index in [1.807, 2.05) is 48.5 Å². The molecular formula is C21H14N2O2. The van der Waals surface area contributed by atoms with Gasteiger partial charge in [-0.15, -0.1) is 0 Å². The van der Waals surface area contributed by atoms with Gasteiger partial charge < -0.3 is 10.1 Å². The Morgan fingerprint density at radius 1 is 0.920 bits per heavy atom. The summed E-state index contributed by atoms with van der Waals surface area (Å²) in [5.74, 6) is 0.754. The topological polar surface area (TPSA) is 62.1 Å². The fourth-order valence-electron chi connectivity index (χ4n) is 3.07. The number of hydrogen-bond acceptors (Lipinski definition) is 3. The fraction of sp³-hybridized carbons (Fsp3) is 0.0476. The van der Waals surface area contributed by atoms with Gasteiger partial charge in [0, 0.05) is 16.8 Å². The van der Waals surface area contributed by atoms with Gasteiger partial charge in [0.15, 0.2) is 0 Å². The van der Waals surface area contributed by atoms with Crippen molar-refractivity contribution in [3.05, 3.63) is 89.5 Å². The van der Waals surface area contributed by atoms with Gasteiger partial charge in [-0.05, 0) is 30.3 Å². The van der Waals surface area contributed by atoms with Crippen LogP contribution in [0.3, 0.4) is 0 Å². The second-order valence-electron chi connectivity index (χ2n) is 5.79. The van der Waals surface area contributed by atoms with Crippen molar-refractivity contribution in [2.45, 2.75) is 5.92 Å². The van der Waals surface area contributed by atoms with Crippen molar-refractivity contribution in [3.8, 4) is 17.6 Å². The summed E-state index contributed by atoms with van der Waals surface area (Å²) in [6.45, 7) is 0. The van der Waals surface area contributed by atoms with Gasteiger partial charge in [-0.1, -0.05) is 42.5 Å². The number of rotatable bonds is 2. The molecule has 0 fully saturated rings. The van der Waals surface area contributed by atoms with Crippen LogP contribution in [-0.2, 0) is 4.79 Å². The van der Waals surface area contributed by atoms with Crippen molar-refractivity contribution in [3.63, 3.8) is 0 Å². The molecule has 0 saturated carbocycles. The van der Waals surface area contributed by atoms with Crippen LogP contribution in [0.15, 0.2) is 72.8 Å². The smallest absolute Gasteiger partial charge is 0.236 e. The van der Waals surface area contributed by atoms with Gasteiger partial charge in [-0.25, -0.2) is 0 Å². The summed E-state index contributed by atoms with van der Waals surface area (Å²) in [5, 5.41) is 11.9. The maximum absolute atomic E-state index is 13.0. The highest BCUT2D eigenvalue weighted by Crippen LogP contribution is 2.44. The maximum Gasteiger partial charge on any atom is 0.236 e. The molecule has 1 aliphatic rings. The Bertz CT molecular complexity index is 959. The molecule has 0 spiro atoms. The number of nitrogens with zero attached hydrogens (tertiary/aromatic N) is 1. The average molecular weight is 326 g/mol. The first kappa shape index (κ1) is 15.0. The van der Waals surface area contributed by atoms with Gasteiger partial charge in [0.05, 0.1) is 17.6 Å². The molecule has 0 bridgehead atoms. The number of anilines is 1. The molecule has 1 heterocycles. The normalized spacial score (nSPS) is 12.3. The second kappa shape index (κ2) is 6.14. The SMILES string of the molecule is N#Cc1cccc(NC(=O)C2c3ccccc3Oc3ccccc32)c1. The Balaban J connectivity index is 1.74. The third-order valence-corrected chi connectivity index (χ3v) is 4.20. The summed E-state index contributed by atoms with van der Waals surface area (Å²) in [5.41, 5.74) is 2.77. The van der Waals surface area contributed by atoms with Crippen LogP contribution >= 0.6 is 0 Å². The third kappa shape index (κ3) is 2.73. The predicted molar refractivity (Wildman–Crippen MR) is 94.6 cm³/mol. The van der Waals surface area contributed by atoms with Gasteiger partial charge in [0.1, 0.15) is 11.5 Å². The minimum Gasteiger partial charge on any atom is -0.457 e. The van der Waals surface area contributed by atoms with E-state index in [-0.39, 0.29) is 5.91 Å². The van der Waals surface area contributed by atoms with Crippen LogP contribution in [0.25, 0.3) is 0 Å². The van der Waals surface area contributed by atoms with E-state index >= 15 is 0 Å². The highest BCUT2D eigenvalue weighted by molar-refractivity contribution is 5.99. The molecular weight excluding hydrogens is 312 g/mol. The summed E-state index contributed by atoms with van der Waals surface area (Å²) in [4.78, 5) is 13.0. The van der Waals surface area contributed by atoms with Crippen LogP contribution in [0.1, 0.15) is 22.6 Å². The highest BCUT2D eigenvalue weighted by atomic mass is 16.5. The third-order valence-electron chi connectivity index (χ3n) is 4.20. The molecule has 1 amide bonds. The largest absolute Gasteiger partial charge is 0.457 e. The molecule has 4 nitrogen and oxygen atoms in total. The zero-order chi connectivity index (χ0) is 17.2. The van der Waals surface area contributed by atoms with Gasteiger partial charge >= 0.3 is 0 Å². The Hall–Kier alpha value is -3.58. The molecule has 1 N–H and O–H groups in total. The van der Waals surface area contributed by atoms with E-state index in [0.29, 0.717) is 22.7 Å². The van der Waals surface area contributed by atoms with Gasteiger partial charge in [0.2, 0.25) is 5.91 Å². The number of fused-ring (bicyclic) bond motifs is 2. The number of carbonyl (C=O) groups is 1. The number of para-hydroxylation sites is 2. The number of benzene rings is 3. The minimum atomic E-state index is -0.466. The molecule has 25 heavy (non-hydrogen) atoms. The summed E-state index contributed by atoms with van der Waals surface area (Å²) in [7, 11) is 0. The van der Waals surface area contributed by atoms with Crippen molar-refractivity contribution in [1.82, 2.24) is 0 Å². The molecule has 0 unspecified atom stereocenters. The van der Waals surface area contributed by atoms with Gasteiger partial charge in [0.25, 0.3) is 0 Å². The number of hydrogen-bond donors (Lipinski definition) is 1. The van der Waals surface area contributed by atoms with Crippen LogP contribution in [0.2, 0.25) is 0 Å². The summed E-state index contributed by atoms with van der Waals surface area (Å²) in [6.07, 6.45) is 0. The zero-order valence-corrected chi connectivity index (χ0v) is 13.3. The first-order valence-electron chi connectivity index (χ1n) is 7.93. The van der Waals surface area contributed by atoms with E-state index < -0.39 is 5.92 Å². The molecule has 3 aromatic carbocycles. The zero-order valence-electron chi connectivity index (χ0n) is 13.3. The Labute approximate surface area is 145 Å². The monoisotopic (exact) mass is 326 g/mol. The van der Waals surface area contributed by atoms with Crippen LogP contribution in [0.5, 0.6) is 11.5 Å². The Kier molecular flexibility index (Phi) is 3.68. The molecule has 0 aliphatic carbocycles. The lowest BCUT2D eigenvalue weighted by Gasteiger charge is -2.27. The second-order valence-corrected chi connectivity index (χ2v) is 5.79. The molecule has 120 valence electrons. The summed E-state index contributed by atoms with van der Waals surface area (Å²) < 4.78 is 5.92. The van der Waals surface area contributed by atoms with Gasteiger partial charge in [-0.2, -0.15) is 5.26 Å². The van der Waals surface area contributed by atoms with E-state index in [2.05, 4.69) is 11.4 Å². The first-order valence-corrected chi connectivity index (χ1v) is 7.93. The molecule has 4 rings (SSSR count). The lowest BCUT2D eigenvalue weighted by atomic mass is 9.87. The van der Waals surface area contributed by atoms with Crippen molar-refractivity contribution < 1.29 is 9.53 Å². The predicted octanol–water partition coefficient (Wildman–Crippen LogP) is 4.43. The highest BCUT2D eigenvalue weighted by Gasteiger charge is 2.32. The van der Waals surface area contributed by atoms with Crippen molar-refractivity contribution in [2.24, 2.45) is 0 Å². The lowest BCUT2D eigenvalue weighted by Crippen LogP contribution is -2.25. The maximum atomic E-state index is 13.0. The van der Waals surface area contributed by atoms with E-state index in [9.17, 15) is 4.79 Å². The van der Waals surface area contributed by atoms with Crippen LogP contribution in [0.4, 0.5) is 5.69 Å². The summed E-state index contributed by atoms with van der Waals surface area (Å²) >= 11 is 0. The Morgan fingerprint density at radius 2 is 1.56 bits per heavy atom. The van der Waals surface area contributed by atoms with E-state index in [1.54, 1.807) is 24.3 Å². The number of ether oxygens (including phenoxy) is 1. The van der Waals surface area contributed by atoms with E-state index in [1.165, 1.54) is 0 Å². The number of carbonyl (C=O) groups excluding carboxylic acids is 1. The molecule has 0 atom stereocenters. The Morgan fingerprint density at radius 3 is 2.20 bits per heavy atom. The summed E-state index contributed by atoms with van der Waals surface area (Å²) in [6, 6.07) is 24.1. The fourth-order valence-corrected chi connectivity index (χ4v) is 3.07. The van der Waals surface area contributed by atoms with Crippen molar-refractivity contribution in [1.29, 1.82) is 5.26 Å². The molecule has 0 aromatic heterocycles. The van der Waals surface area contributed by atoms with Crippen LogP contribution < -0.4 is 10.1 Å². The lowest BCUT2D eigenvalue weighted by molar-refractivity contribution is -0.116. The van der Waals surface area contributed by atoms with E-state index in [0.717, 1.165) is 11.1 Å². The first-order chi connectivity index (χ1) is 12.3. The quantitative estimate of drug-likeness (QED) is 0.757. The minimum absolute atomic E-state index is 0.154. The molecule has 4 heteroatoms. The molecule has 1 aliphatic heterocycles. The van der Waals surface area contributed by atoms with E-state index in [4.69, 9.17) is 10.00 Å². The number of nitrogens with one attached hydrogen (secondary N) is 1. The molecule has 3 aromatic rings. The average Bonchev–Trinajstić information content (AvgIpc) is 2.66. The molecule has 0 saturated heterocycles. The number of nitriles is 1.